The molecule has 0 aliphatic carbocycles. The summed E-state index contributed by atoms with van der Waals surface area (Å²) >= 11 is 0. The molecule has 4 nitrogen and oxygen atoms in total. The van der Waals surface area contributed by atoms with Gasteiger partial charge in [-0.15, -0.1) is 0 Å². The minimum absolute atomic E-state index is 0.0208. The van der Waals surface area contributed by atoms with Crippen LogP contribution in [0.25, 0.3) is 0 Å². The molecular formula is C19H19NO3. The molecular weight excluding hydrogens is 290 g/mol. The second kappa shape index (κ2) is 6.75. The minimum atomic E-state index is -0.848. The molecule has 2 aromatic rings. The summed E-state index contributed by atoms with van der Waals surface area (Å²) < 4.78 is 0. The molecule has 0 saturated carbocycles. The van der Waals surface area contributed by atoms with E-state index >= 15 is 0 Å². The first kappa shape index (κ1) is 15.4. The van der Waals surface area contributed by atoms with Crippen LogP contribution in [0.4, 0.5) is 0 Å². The summed E-state index contributed by atoms with van der Waals surface area (Å²) in [5.74, 6) is -0.715. The molecule has 2 aromatic carbocycles. The van der Waals surface area contributed by atoms with Crippen molar-refractivity contribution in [2.45, 2.75) is 18.9 Å². The fourth-order valence-electron chi connectivity index (χ4n) is 2.95. The van der Waals surface area contributed by atoms with E-state index in [2.05, 4.69) is 0 Å². The van der Waals surface area contributed by atoms with Crippen LogP contribution >= 0.6 is 0 Å². The number of β-amino-alcohol motifs (C(OH)–C–C–N with tert-alkyl or cyclic N) is 1. The Morgan fingerprint density at radius 1 is 1.00 bits per heavy atom. The molecule has 0 aromatic heterocycles. The van der Waals surface area contributed by atoms with Crippen molar-refractivity contribution in [1.82, 2.24) is 4.90 Å². The molecule has 1 aliphatic rings. The summed E-state index contributed by atoms with van der Waals surface area (Å²) in [6.45, 7) is 0.0208. The van der Waals surface area contributed by atoms with Gasteiger partial charge in [0.1, 0.15) is 0 Å². The van der Waals surface area contributed by atoms with Gasteiger partial charge in [-0.3, -0.25) is 14.5 Å². The second-order valence-corrected chi connectivity index (χ2v) is 5.86. The van der Waals surface area contributed by atoms with E-state index in [4.69, 9.17) is 0 Å². The van der Waals surface area contributed by atoms with Gasteiger partial charge in [-0.05, 0) is 17.5 Å². The van der Waals surface area contributed by atoms with Crippen molar-refractivity contribution in [2.24, 2.45) is 5.92 Å². The Bertz CT molecular complexity index is 684. The number of carbonyl (C=O) groups is 2. The van der Waals surface area contributed by atoms with Crippen molar-refractivity contribution in [3.63, 3.8) is 0 Å². The predicted octanol–water partition coefficient (Wildman–Crippen LogP) is 2.34. The number of aliphatic hydroxyl groups excluding tert-OH is 1. The number of hydrogen-bond donors (Lipinski definition) is 1. The number of imide groups is 1. The number of hydrogen-bond acceptors (Lipinski definition) is 3. The maximum Gasteiger partial charge on any atom is 0.233 e. The Morgan fingerprint density at radius 3 is 2.26 bits per heavy atom. The molecule has 0 unspecified atom stereocenters. The van der Waals surface area contributed by atoms with Crippen LogP contribution in [-0.4, -0.2) is 28.4 Å². The largest absolute Gasteiger partial charge is 0.387 e. The predicted molar refractivity (Wildman–Crippen MR) is 86.4 cm³/mol. The highest BCUT2D eigenvalue weighted by atomic mass is 16.3. The van der Waals surface area contributed by atoms with Crippen LogP contribution in [0.2, 0.25) is 0 Å². The lowest BCUT2D eigenvalue weighted by Crippen LogP contribution is -2.34. The Labute approximate surface area is 135 Å². The van der Waals surface area contributed by atoms with Crippen molar-refractivity contribution >= 4 is 11.8 Å². The first-order valence-electron chi connectivity index (χ1n) is 7.76. The van der Waals surface area contributed by atoms with Gasteiger partial charge in [-0.25, -0.2) is 0 Å². The van der Waals surface area contributed by atoms with E-state index in [-0.39, 0.29) is 30.7 Å². The molecule has 1 aliphatic heterocycles. The van der Waals surface area contributed by atoms with Crippen molar-refractivity contribution < 1.29 is 14.7 Å². The van der Waals surface area contributed by atoms with E-state index in [1.165, 1.54) is 4.90 Å². The van der Waals surface area contributed by atoms with E-state index in [0.29, 0.717) is 12.0 Å². The van der Waals surface area contributed by atoms with E-state index in [1.54, 1.807) is 12.1 Å². The van der Waals surface area contributed by atoms with Crippen LogP contribution in [0.5, 0.6) is 0 Å². The topological polar surface area (TPSA) is 57.6 Å². The Kier molecular flexibility index (Phi) is 4.53. The van der Waals surface area contributed by atoms with Gasteiger partial charge in [0.15, 0.2) is 0 Å². The zero-order valence-electron chi connectivity index (χ0n) is 12.8. The Balaban J connectivity index is 1.67. The number of benzene rings is 2. The average molecular weight is 309 g/mol. The quantitative estimate of drug-likeness (QED) is 0.863. The van der Waals surface area contributed by atoms with Gasteiger partial charge in [-0.2, -0.15) is 0 Å². The number of likely N-dealkylation sites (tertiary alicyclic amines) is 1. The third-order valence-corrected chi connectivity index (χ3v) is 4.20. The SMILES string of the molecule is O=C1C[C@H](Cc2ccccc2)C(=O)N1C[C@@H](O)c1ccccc1. The third-order valence-electron chi connectivity index (χ3n) is 4.20. The minimum Gasteiger partial charge on any atom is -0.387 e. The summed E-state index contributed by atoms with van der Waals surface area (Å²) in [5, 5.41) is 10.2. The van der Waals surface area contributed by atoms with Gasteiger partial charge >= 0.3 is 0 Å². The molecule has 1 heterocycles. The molecule has 4 heteroatoms. The lowest BCUT2D eigenvalue weighted by atomic mass is 9.98. The van der Waals surface area contributed by atoms with Crippen LogP contribution in [0, 0.1) is 5.92 Å². The maximum absolute atomic E-state index is 12.5. The standard InChI is InChI=1S/C19H19NO3/c21-17(15-9-5-2-6-10-15)13-20-18(22)12-16(19(20)23)11-14-7-3-1-4-8-14/h1-10,16-17,21H,11-13H2/t16-,17+/m0/s1. The molecule has 1 saturated heterocycles. The van der Waals surface area contributed by atoms with Gasteiger partial charge in [0.05, 0.1) is 18.6 Å². The normalized spacial score (nSPS) is 19.2. The van der Waals surface area contributed by atoms with Crippen LogP contribution in [0.15, 0.2) is 60.7 Å². The molecule has 23 heavy (non-hydrogen) atoms. The second-order valence-electron chi connectivity index (χ2n) is 5.86. The molecule has 118 valence electrons. The van der Waals surface area contributed by atoms with E-state index in [0.717, 1.165) is 5.56 Å². The zero-order chi connectivity index (χ0) is 16.2. The van der Waals surface area contributed by atoms with Crippen LogP contribution in [0.1, 0.15) is 23.7 Å². The number of aliphatic hydroxyl groups is 1. The number of nitrogens with zero attached hydrogens (tertiary/aromatic N) is 1. The van der Waals surface area contributed by atoms with E-state index in [9.17, 15) is 14.7 Å². The number of rotatable bonds is 5. The molecule has 1 N–H and O–H groups in total. The van der Waals surface area contributed by atoms with Gasteiger partial charge in [0, 0.05) is 6.42 Å². The Hall–Kier alpha value is -2.46. The average Bonchev–Trinajstić information content (AvgIpc) is 2.84. The van der Waals surface area contributed by atoms with Gasteiger partial charge < -0.3 is 5.11 Å². The molecule has 0 bridgehead atoms. The van der Waals surface area contributed by atoms with Crippen molar-refractivity contribution in [2.75, 3.05) is 6.54 Å². The molecule has 1 fully saturated rings. The molecule has 0 radical (unpaired) electrons. The summed E-state index contributed by atoms with van der Waals surface area (Å²) in [6, 6.07) is 18.8. The molecule has 2 amide bonds. The van der Waals surface area contributed by atoms with Crippen LogP contribution < -0.4 is 0 Å². The van der Waals surface area contributed by atoms with Gasteiger partial charge in [0.2, 0.25) is 11.8 Å². The highest BCUT2D eigenvalue weighted by Crippen LogP contribution is 2.26. The third kappa shape index (κ3) is 3.48. The first-order valence-corrected chi connectivity index (χ1v) is 7.76. The van der Waals surface area contributed by atoms with Crippen LogP contribution in [0.3, 0.4) is 0 Å². The van der Waals surface area contributed by atoms with Crippen LogP contribution in [-0.2, 0) is 16.0 Å². The fourth-order valence-corrected chi connectivity index (χ4v) is 2.95. The highest BCUT2D eigenvalue weighted by Gasteiger charge is 2.39. The van der Waals surface area contributed by atoms with E-state index < -0.39 is 6.10 Å². The van der Waals surface area contributed by atoms with Crippen molar-refractivity contribution in [3.8, 4) is 0 Å². The van der Waals surface area contributed by atoms with Crippen molar-refractivity contribution in [1.29, 1.82) is 0 Å². The molecule has 0 spiro atoms. The number of carbonyl (C=O) groups excluding carboxylic acids is 2. The highest BCUT2D eigenvalue weighted by molar-refractivity contribution is 6.03. The maximum atomic E-state index is 12.5. The summed E-state index contributed by atoms with van der Waals surface area (Å²) in [5.41, 5.74) is 1.75. The van der Waals surface area contributed by atoms with Crippen molar-refractivity contribution in [3.05, 3.63) is 71.8 Å². The summed E-state index contributed by atoms with van der Waals surface area (Å²) in [7, 11) is 0. The lowest BCUT2D eigenvalue weighted by molar-refractivity contribution is -0.141. The first-order chi connectivity index (χ1) is 11.1. The Morgan fingerprint density at radius 2 is 1.61 bits per heavy atom. The zero-order valence-corrected chi connectivity index (χ0v) is 12.8. The smallest absolute Gasteiger partial charge is 0.233 e. The fraction of sp³-hybridized carbons (Fsp3) is 0.263. The van der Waals surface area contributed by atoms with E-state index in [1.807, 2.05) is 48.5 Å². The lowest BCUT2D eigenvalue weighted by Gasteiger charge is -2.19. The van der Waals surface area contributed by atoms with Gasteiger partial charge in [-0.1, -0.05) is 60.7 Å². The molecule has 2 atom stereocenters. The van der Waals surface area contributed by atoms with Gasteiger partial charge in [0.25, 0.3) is 0 Å². The number of amides is 2. The summed E-state index contributed by atoms with van der Waals surface area (Å²) in [6.07, 6.45) is -0.0712. The summed E-state index contributed by atoms with van der Waals surface area (Å²) in [4.78, 5) is 25.8. The molecule has 3 rings (SSSR count). The monoisotopic (exact) mass is 309 g/mol.